The summed E-state index contributed by atoms with van der Waals surface area (Å²) in [7, 11) is 0. The molecule has 0 amide bonds. The number of ether oxygens (including phenoxy) is 1. The van der Waals surface area contributed by atoms with Gasteiger partial charge in [0.25, 0.3) is 0 Å². The van der Waals surface area contributed by atoms with Crippen LogP contribution in [0.4, 0.5) is 0 Å². The van der Waals surface area contributed by atoms with Crippen molar-refractivity contribution in [1.82, 2.24) is 20.5 Å². The molecule has 0 spiro atoms. The zero-order valence-corrected chi connectivity index (χ0v) is 14.3. The van der Waals surface area contributed by atoms with Gasteiger partial charge in [0.1, 0.15) is 11.9 Å². The molecule has 0 unspecified atom stereocenters. The van der Waals surface area contributed by atoms with Gasteiger partial charge in [-0.15, -0.1) is 10.2 Å². The summed E-state index contributed by atoms with van der Waals surface area (Å²) < 4.78 is 6.04. The summed E-state index contributed by atoms with van der Waals surface area (Å²) in [4.78, 5) is 4.08. The number of rotatable bonds is 3. The van der Waals surface area contributed by atoms with Crippen LogP contribution in [-0.2, 0) is 0 Å². The minimum atomic E-state index is 0.170. The van der Waals surface area contributed by atoms with Crippen molar-refractivity contribution in [3.63, 3.8) is 0 Å². The fourth-order valence-electron chi connectivity index (χ4n) is 4.13. The van der Waals surface area contributed by atoms with Crippen molar-refractivity contribution in [3.05, 3.63) is 42.7 Å². The molecule has 5 rings (SSSR count). The standard InChI is InChI=1S/C20H20N4O2/c25-19-8-13-11-21-6-5-12(13)7-17(19)18-3-4-20(24-23-18)26-16-9-14-1-2-15(10-16)22-14/h3-8,11,14-16,22,25H,1-2,9-10H2/t14-,15+,16-. The summed E-state index contributed by atoms with van der Waals surface area (Å²) in [6, 6.07) is 10.4. The monoisotopic (exact) mass is 348 g/mol. The summed E-state index contributed by atoms with van der Waals surface area (Å²) in [6.07, 6.45) is 8.21. The zero-order chi connectivity index (χ0) is 17.5. The first-order valence-electron chi connectivity index (χ1n) is 9.08. The average Bonchev–Trinajstić information content (AvgIpc) is 3.00. The van der Waals surface area contributed by atoms with Crippen molar-refractivity contribution in [1.29, 1.82) is 0 Å². The van der Waals surface area contributed by atoms with Crippen LogP contribution in [0.5, 0.6) is 11.6 Å². The van der Waals surface area contributed by atoms with E-state index in [0.717, 1.165) is 23.6 Å². The van der Waals surface area contributed by atoms with Crippen LogP contribution in [0.1, 0.15) is 25.7 Å². The summed E-state index contributed by atoms with van der Waals surface area (Å²) in [5.74, 6) is 0.716. The van der Waals surface area contributed by atoms with Crippen molar-refractivity contribution in [2.45, 2.75) is 43.9 Å². The average molecular weight is 348 g/mol. The molecule has 26 heavy (non-hydrogen) atoms. The number of piperidine rings is 1. The van der Waals surface area contributed by atoms with E-state index in [1.165, 1.54) is 12.8 Å². The SMILES string of the molecule is Oc1cc2cnccc2cc1-c1ccc(O[C@@H]2C[C@H]3CC[C@@H](C2)N3)nn1. The van der Waals surface area contributed by atoms with Crippen molar-refractivity contribution < 1.29 is 9.84 Å². The van der Waals surface area contributed by atoms with E-state index in [1.807, 2.05) is 24.3 Å². The number of nitrogens with zero attached hydrogens (tertiary/aromatic N) is 3. The lowest BCUT2D eigenvalue weighted by Crippen LogP contribution is -2.42. The fourth-order valence-corrected chi connectivity index (χ4v) is 4.13. The van der Waals surface area contributed by atoms with Gasteiger partial charge in [-0.1, -0.05) is 0 Å². The van der Waals surface area contributed by atoms with Crippen LogP contribution < -0.4 is 10.1 Å². The van der Waals surface area contributed by atoms with Crippen LogP contribution in [0, 0.1) is 0 Å². The lowest BCUT2D eigenvalue weighted by molar-refractivity contribution is 0.130. The largest absolute Gasteiger partial charge is 0.507 e. The smallest absolute Gasteiger partial charge is 0.233 e. The molecule has 2 N–H and O–H groups in total. The van der Waals surface area contributed by atoms with Gasteiger partial charge in [-0.25, -0.2) is 0 Å². The maximum atomic E-state index is 10.3. The van der Waals surface area contributed by atoms with Crippen LogP contribution in [0.3, 0.4) is 0 Å². The number of nitrogens with one attached hydrogen (secondary N) is 1. The molecule has 2 aliphatic rings. The molecule has 0 aliphatic carbocycles. The Bertz CT molecular complexity index is 932. The summed E-state index contributed by atoms with van der Waals surface area (Å²) in [5, 5.41) is 24.3. The lowest BCUT2D eigenvalue weighted by Gasteiger charge is -2.28. The van der Waals surface area contributed by atoms with Crippen LogP contribution >= 0.6 is 0 Å². The first kappa shape index (κ1) is 15.5. The zero-order valence-electron chi connectivity index (χ0n) is 14.3. The third-order valence-corrected chi connectivity index (χ3v) is 5.39. The van der Waals surface area contributed by atoms with E-state index < -0.39 is 0 Å². The molecule has 2 bridgehead atoms. The number of pyridine rings is 1. The molecular weight excluding hydrogens is 328 g/mol. The van der Waals surface area contributed by atoms with Gasteiger partial charge in [0, 0.05) is 41.5 Å². The Morgan fingerprint density at radius 3 is 2.62 bits per heavy atom. The molecule has 0 saturated carbocycles. The van der Waals surface area contributed by atoms with Crippen LogP contribution in [0.2, 0.25) is 0 Å². The van der Waals surface area contributed by atoms with E-state index in [1.54, 1.807) is 18.5 Å². The number of phenolic OH excluding ortho intramolecular Hbond substituents is 1. The predicted molar refractivity (Wildman–Crippen MR) is 98.0 cm³/mol. The maximum absolute atomic E-state index is 10.3. The molecule has 6 heteroatoms. The van der Waals surface area contributed by atoms with E-state index in [-0.39, 0.29) is 11.9 Å². The Labute approximate surface area is 151 Å². The summed E-state index contributed by atoms with van der Waals surface area (Å²) in [6.45, 7) is 0. The Kier molecular flexibility index (Phi) is 3.71. The Morgan fingerprint density at radius 2 is 1.85 bits per heavy atom. The lowest BCUT2D eigenvalue weighted by atomic mass is 10.0. The quantitative estimate of drug-likeness (QED) is 0.757. The molecule has 2 fully saturated rings. The predicted octanol–water partition coefficient (Wildman–Crippen LogP) is 3.06. The Hall–Kier alpha value is -2.73. The van der Waals surface area contributed by atoms with Gasteiger partial charge in [0.15, 0.2) is 0 Å². The van der Waals surface area contributed by atoms with Crippen molar-refractivity contribution in [2.75, 3.05) is 0 Å². The number of fused-ring (bicyclic) bond motifs is 3. The number of phenols is 1. The third-order valence-electron chi connectivity index (χ3n) is 5.39. The molecule has 3 atom stereocenters. The Morgan fingerprint density at radius 1 is 1.00 bits per heavy atom. The fraction of sp³-hybridized carbons (Fsp3) is 0.350. The third kappa shape index (κ3) is 2.86. The van der Waals surface area contributed by atoms with Gasteiger partial charge in [-0.05, 0) is 55.3 Å². The second-order valence-electron chi connectivity index (χ2n) is 7.20. The number of hydrogen-bond acceptors (Lipinski definition) is 6. The molecule has 1 aromatic carbocycles. The molecule has 4 heterocycles. The maximum Gasteiger partial charge on any atom is 0.233 e. The number of hydrogen-bond donors (Lipinski definition) is 2. The summed E-state index contributed by atoms with van der Waals surface area (Å²) >= 11 is 0. The summed E-state index contributed by atoms with van der Waals surface area (Å²) in [5.41, 5.74) is 1.28. The van der Waals surface area contributed by atoms with E-state index in [2.05, 4.69) is 20.5 Å². The first-order valence-corrected chi connectivity index (χ1v) is 9.08. The molecule has 2 aliphatic heterocycles. The highest BCUT2D eigenvalue weighted by Gasteiger charge is 2.34. The normalized spacial score (nSPS) is 24.7. The van der Waals surface area contributed by atoms with Gasteiger partial charge in [0.2, 0.25) is 5.88 Å². The molecule has 0 radical (unpaired) electrons. The number of benzene rings is 1. The van der Waals surface area contributed by atoms with Gasteiger partial charge in [0.05, 0.1) is 5.69 Å². The molecule has 132 valence electrons. The van der Waals surface area contributed by atoms with Crippen molar-refractivity contribution >= 4 is 10.8 Å². The second-order valence-corrected chi connectivity index (χ2v) is 7.20. The topological polar surface area (TPSA) is 80.2 Å². The highest BCUT2D eigenvalue weighted by atomic mass is 16.5. The van der Waals surface area contributed by atoms with Crippen molar-refractivity contribution in [3.8, 4) is 22.9 Å². The van der Waals surface area contributed by atoms with Crippen LogP contribution in [0.25, 0.3) is 22.0 Å². The van der Waals surface area contributed by atoms with E-state index >= 15 is 0 Å². The van der Waals surface area contributed by atoms with E-state index in [4.69, 9.17) is 4.74 Å². The Balaban J connectivity index is 1.37. The van der Waals surface area contributed by atoms with Crippen molar-refractivity contribution in [2.24, 2.45) is 0 Å². The second kappa shape index (κ2) is 6.21. The molecule has 2 aromatic heterocycles. The first-order chi connectivity index (χ1) is 12.7. The van der Waals surface area contributed by atoms with Crippen LogP contribution in [0.15, 0.2) is 42.7 Å². The van der Waals surface area contributed by atoms with E-state index in [0.29, 0.717) is 29.2 Å². The highest BCUT2D eigenvalue weighted by molar-refractivity contribution is 5.89. The van der Waals surface area contributed by atoms with Gasteiger partial charge < -0.3 is 15.2 Å². The molecular formula is C20H20N4O2. The number of aromatic nitrogens is 3. The minimum absolute atomic E-state index is 0.170. The minimum Gasteiger partial charge on any atom is -0.507 e. The van der Waals surface area contributed by atoms with E-state index in [9.17, 15) is 5.11 Å². The molecule has 3 aromatic rings. The highest BCUT2D eigenvalue weighted by Crippen LogP contribution is 2.33. The van der Waals surface area contributed by atoms with Crippen LogP contribution in [-0.4, -0.2) is 38.5 Å². The van der Waals surface area contributed by atoms with Gasteiger partial charge in [-0.2, -0.15) is 0 Å². The molecule has 6 nitrogen and oxygen atoms in total. The van der Waals surface area contributed by atoms with Gasteiger partial charge in [-0.3, -0.25) is 4.98 Å². The number of aromatic hydroxyl groups is 1. The van der Waals surface area contributed by atoms with Gasteiger partial charge >= 0.3 is 0 Å². The molecule has 2 saturated heterocycles.